The molecule has 2 fully saturated rings. The Hall–Kier alpha value is -0.650. The summed E-state index contributed by atoms with van der Waals surface area (Å²) in [5, 5.41) is 12.6. The van der Waals surface area contributed by atoms with Gasteiger partial charge in [-0.15, -0.1) is 0 Å². The van der Waals surface area contributed by atoms with Crippen molar-refractivity contribution in [2.75, 3.05) is 26.2 Å². The second-order valence-corrected chi connectivity index (χ2v) is 5.80. The summed E-state index contributed by atoms with van der Waals surface area (Å²) in [6, 6.07) is -0.0525. The van der Waals surface area contributed by atoms with Gasteiger partial charge in [-0.3, -0.25) is 4.79 Å². The molecule has 2 aliphatic heterocycles. The lowest BCUT2D eigenvalue weighted by Gasteiger charge is -2.39. The summed E-state index contributed by atoms with van der Waals surface area (Å²) in [6.45, 7) is 6.18. The minimum absolute atomic E-state index is 0.000382. The zero-order valence-electron chi connectivity index (χ0n) is 12.0. The number of nitrogens with one attached hydrogen (secondary N) is 1. The zero-order chi connectivity index (χ0) is 13.8. The summed E-state index contributed by atoms with van der Waals surface area (Å²) < 4.78 is 5.58. The van der Waals surface area contributed by atoms with Gasteiger partial charge in [0.25, 0.3) is 0 Å². The van der Waals surface area contributed by atoms with Crippen LogP contribution in [-0.2, 0) is 9.53 Å². The highest BCUT2D eigenvalue weighted by molar-refractivity contribution is 5.82. The van der Waals surface area contributed by atoms with Crippen molar-refractivity contribution >= 4 is 5.91 Å². The van der Waals surface area contributed by atoms with Gasteiger partial charge in [0.1, 0.15) is 0 Å². The first kappa shape index (κ1) is 14.8. The first-order chi connectivity index (χ1) is 9.13. The van der Waals surface area contributed by atoms with Crippen LogP contribution in [0.5, 0.6) is 0 Å². The van der Waals surface area contributed by atoms with Gasteiger partial charge in [-0.1, -0.05) is 13.3 Å². The van der Waals surface area contributed by atoms with Gasteiger partial charge in [-0.25, -0.2) is 0 Å². The van der Waals surface area contributed by atoms with Crippen LogP contribution >= 0.6 is 0 Å². The van der Waals surface area contributed by atoms with Crippen LogP contribution in [0.3, 0.4) is 0 Å². The largest absolute Gasteiger partial charge is 0.394 e. The minimum atomic E-state index is -0.238. The van der Waals surface area contributed by atoms with Gasteiger partial charge in [0, 0.05) is 13.1 Å². The number of ether oxygens (including phenoxy) is 1. The third-order valence-corrected chi connectivity index (χ3v) is 4.23. The molecule has 2 rings (SSSR count). The van der Waals surface area contributed by atoms with Crippen molar-refractivity contribution in [2.24, 2.45) is 5.92 Å². The zero-order valence-corrected chi connectivity index (χ0v) is 12.0. The molecule has 0 aromatic heterocycles. The van der Waals surface area contributed by atoms with Crippen molar-refractivity contribution in [3.63, 3.8) is 0 Å². The highest BCUT2D eigenvalue weighted by Gasteiger charge is 2.33. The fourth-order valence-electron chi connectivity index (χ4n) is 3.10. The van der Waals surface area contributed by atoms with Crippen molar-refractivity contribution in [3.05, 3.63) is 0 Å². The number of hydrogen-bond acceptors (Lipinski definition) is 4. The molecule has 0 aromatic rings. The topological polar surface area (TPSA) is 61.8 Å². The van der Waals surface area contributed by atoms with E-state index in [1.807, 2.05) is 11.8 Å². The number of piperidine rings is 1. The molecule has 0 radical (unpaired) electrons. The predicted molar refractivity (Wildman–Crippen MR) is 72.8 cm³/mol. The normalized spacial score (nSPS) is 36.3. The molecule has 0 bridgehead atoms. The van der Waals surface area contributed by atoms with E-state index in [2.05, 4.69) is 12.2 Å². The maximum atomic E-state index is 12.5. The average Bonchev–Trinajstić information content (AvgIpc) is 2.45. The summed E-state index contributed by atoms with van der Waals surface area (Å²) in [5.41, 5.74) is 0. The minimum Gasteiger partial charge on any atom is -0.394 e. The van der Waals surface area contributed by atoms with Crippen molar-refractivity contribution in [2.45, 2.75) is 51.4 Å². The molecule has 2 aliphatic rings. The van der Waals surface area contributed by atoms with E-state index in [0.29, 0.717) is 19.0 Å². The van der Waals surface area contributed by atoms with Crippen molar-refractivity contribution < 1.29 is 14.6 Å². The third-order valence-electron chi connectivity index (χ3n) is 4.23. The Bertz CT molecular complexity index is 311. The molecule has 19 heavy (non-hydrogen) atoms. The lowest BCUT2D eigenvalue weighted by molar-refractivity contribution is -0.150. The maximum Gasteiger partial charge on any atom is 0.239 e. The molecule has 5 nitrogen and oxygen atoms in total. The van der Waals surface area contributed by atoms with E-state index in [0.717, 1.165) is 19.4 Å². The maximum absolute atomic E-state index is 12.5. The molecule has 0 saturated carbocycles. The van der Waals surface area contributed by atoms with Crippen molar-refractivity contribution in [3.8, 4) is 0 Å². The number of carbonyl (C=O) groups excluding carboxylic acids is 1. The Kier molecular flexibility index (Phi) is 5.19. The van der Waals surface area contributed by atoms with Gasteiger partial charge in [-0.2, -0.15) is 0 Å². The summed E-state index contributed by atoms with van der Waals surface area (Å²) in [6.07, 6.45) is 3.01. The Morgan fingerprint density at radius 2 is 2.26 bits per heavy atom. The van der Waals surface area contributed by atoms with E-state index in [1.54, 1.807) is 0 Å². The highest BCUT2D eigenvalue weighted by Crippen LogP contribution is 2.21. The van der Waals surface area contributed by atoms with Gasteiger partial charge in [0.2, 0.25) is 5.91 Å². The molecule has 1 amide bonds. The quantitative estimate of drug-likeness (QED) is 0.778. The Morgan fingerprint density at radius 3 is 2.95 bits per heavy atom. The molecule has 2 N–H and O–H groups in total. The molecule has 0 aromatic carbocycles. The average molecular weight is 270 g/mol. The van der Waals surface area contributed by atoms with E-state index in [-0.39, 0.29) is 30.8 Å². The molecular formula is C14H26N2O3. The van der Waals surface area contributed by atoms with Crippen molar-refractivity contribution in [1.82, 2.24) is 10.2 Å². The van der Waals surface area contributed by atoms with Crippen LogP contribution in [0.4, 0.5) is 0 Å². The van der Waals surface area contributed by atoms with E-state index >= 15 is 0 Å². The van der Waals surface area contributed by atoms with Gasteiger partial charge in [-0.05, 0) is 32.2 Å². The van der Waals surface area contributed by atoms with Crippen molar-refractivity contribution in [1.29, 1.82) is 0 Å². The number of morpholine rings is 1. The summed E-state index contributed by atoms with van der Waals surface area (Å²) in [5.74, 6) is 0.828. The SMILES string of the molecule is CCC1CCNC(C(=O)N2CC(C)OC(CO)C2)C1. The van der Waals surface area contributed by atoms with Crippen LogP contribution in [0.25, 0.3) is 0 Å². The molecule has 0 aliphatic carbocycles. The number of hydrogen-bond donors (Lipinski definition) is 2. The molecule has 0 spiro atoms. The first-order valence-corrected chi connectivity index (χ1v) is 7.42. The third kappa shape index (κ3) is 3.68. The number of aliphatic hydroxyl groups excluding tert-OH is 1. The molecular weight excluding hydrogens is 244 g/mol. The van der Waals surface area contributed by atoms with Gasteiger partial charge in [0.15, 0.2) is 0 Å². The van der Waals surface area contributed by atoms with Crippen LogP contribution < -0.4 is 5.32 Å². The fourth-order valence-corrected chi connectivity index (χ4v) is 3.10. The summed E-state index contributed by atoms with van der Waals surface area (Å²) in [4.78, 5) is 14.4. The van der Waals surface area contributed by atoms with Crippen LogP contribution in [0.15, 0.2) is 0 Å². The predicted octanol–water partition coefficient (Wildman–Crippen LogP) is 0.373. The van der Waals surface area contributed by atoms with E-state index in [4.69, 9.17) is 4.74 Å². The smallest absolute Gasteiger partial charge is 0.239 e. The molecule has 4 atom stereocenters. The lowest BCUT2D eigenvalue weighted by atomic mass is 9.89. The number of aliphatic hydroxyl groups is 1. The number of amides is 1. The molecule has 2 saturated heterocycles. The van der Waals surface area contributed by atoms with E-state index < -0.39 is 0 Å². The Balaban J connectivity index is 1.94. The summed E-state index contributed by atoms with van der Waals surface area (Å²) in [7, 11) is 0. The van der Waals surface area contributed by atoms with Crippen LogP contribution in [-0.4, -0.2) is 60.4 Å². The first-order valence-electron chi connectivity index (χ1n) is 7.42. The van der Waals surface area contributed by atoms with Gasteiger partial charge in [0.05, 0.1) is 24.9 Å². The van der Waals surface area contributed by atoms with Crippen LogP contribution in [0.1, 0.15) is 33.1 Å². The lowest BCUT2D eigenvalue weighted by Crippen LogP contribution is -2.56. The second kappa shape index (κ2) is 6.68. The Morgan fingerprint density at radius 1 is 1.47 bits per heavy atom. The molecule has 2 heterocycles. The van der Waals surface area contributed by atoms with Gasteiger partial charge < -0.3 is 20.1 Å². The molecule has 4 unspecified atom stereocenters. The second-order valence-electron chi connectivity index (χ2n) is 5.80. The molecule has 5 heteroatoms. The summed E-state index contributed by atoms with van der Waals surface area (Å²) >= 11 is 0. The highest BCUT2D eigenvalue weighted by atomic mass is 16.5. The number of carbonyl (C=O) groups is 1. The van der Waals surface area contributed by atoms with Crippen LogP contribution in [0, 0.1) is 5.92 Å². The standard InChI is InChI=1S/C14H26N2O3/c1-3-11-4-5-15-13(6-11)14(18)16-7-10(2)19-12(8-16)9-17/h10-13,15,17H,3-9H2,1-2H3. The molecule has 110 valence electrons. The van der Waals surface area contributed by atoms with Gasteiger partial charge >= 0.3 is 0 Å². The fraction of sp³-hybridized carbons (Fsp3) is 0.929. The number of rotatable bonds is 3. The van der Waals surface area contributed by atoms with E-state index in [9.17, 15) is 9.90 Å². The monoisotopic (exact) mass is 270 g/mol. The Labute approximate surface area is 115 Å². The van der Waals surface area contributed by atoms with Crippen LogP contribution in [0.2, 0.25) is 0 Å². The number of nitrogens with zero attached hydrogens (tertiary/aromatic N) is 1. The van der Waals surface area contributed by atoms with E-state index in [1.165, 1.54) is 6.42 Å².